The Morgan fingerprint density at radius 3 is 0.848 bits per heavy atom. The lowest BCUT2D eigenvalue weighted by molar-refractivity contribution is -0.167. The Morgan fingerprint density at radius 2 is 0.506 bits per heavy atom. The molecule has 0 saturated heterocycles. The van der Waals surface area contributed by atoms with Crippen molar-refractivity contribution < 1.29 is 28.6 Å². The van der Waals surface area contributed by atoms with E-state index >= 15 is 0 Å². The number of carbonyl (C=O) groups excluding carboxylic acids is 3. The van der Waals surface area contributed by atoms with Crippen LogP contribution in [0, 0.1) is 0 Å². The smallest absolute Gasteiger partial charge is 0.306 e. The van der Waals surface area contributed by atoms with Crippen molar-refractivity contribution in [2.24, 2.45) is 0 Å². The van der Waals surface area contributed by atoms with E-state index in [0.717, 1.165) is 83.5 Å². The topological polar surface area (TPSA) is 78.9 Å². The SMILES string of the molecule is CC/C=C\C/C=C\C/C=C\C/C=C\C/C=C\CCCC(=O)OC(COC(=O)CCCCCCC/C=C\CCCCC)COC(=O)CCCCCCCCCCCCCCCCCCCCCCCCCCCCCCCCCC. The molecular formula is C73H130O6. The summed E-state index contributed by atoms with van der Waals surface area (Å²) in [6.07, 6.45) is 88.2. The van der Waals surface area contributed by atoms with Crippen LogP contribution in [0.25, 0.3) is 0 Å². The van der Waals surface area contributed by atoms with Crippen LogP contribution in [0.15, 0.2) is 72.9 Å². The van der Waals surface area contributed by atoms with Crippen LogP contribution in [0.1, 0.15) is 355 Å². The van der Waals surface area contributed by atoms with Crippen molar-refractivity contribution in [3.63, 3.8) is 0 Å². The molecule has 6 nitrogen and oxygen atoms in total. The molecule has 1 unspecified atom stereocenters. The molecule has 0 heterocycles. The van der Waals surface area contributed by atoms with Gasteiger partial charge in [0, 0.05) is 19.3 Å². The number of hydrogen-bond donors (Lipinski definition) is 0. The monoisotopic (exact) mass is 1100 g/mol. The molecule has 0 aromatic rings. The van der Waals surface area contributed by atoms with Gasteiger partial charge in [0.1, 0.15) is 13.2 Å². The summed E-state index contributed by atoms with van der Waals surface area (Å²) in [7, 11) is 0. The second-order valence-corrected chi connectivity index (χ2v) is 23.1. The maximum atomic E-state index is 12.9. The molecule has 0 fully saturated rings. The van der Waals surface area contributed by atoms with E-state index in [0.29, 0.717) is 19.3 Å². The number of unbranched alkanes of at least 4 members (excludes halogenated alkanes) is 40. The van der Waals surface area contributed by atoms with E-state index in [1.807, 2.05) is 0 Å². The summed E-state index contributed by atoms with van der Waals surface area (Å²) < 4.78 is 16.9. The average Bonchev–Trinajstić information content (AvgIpc) is 3.45. The summed E-state index contributed by atoms with van der Waals surface area (Å²) >= 11 is 0. The van der Waals surface area contributed by atoms with E-state index in [-0.39, 0.29) is 37.5 Å². The molecule has 0 spiro atoms. The minimum atomic E-state index is -0.808. The van der Waals surface area contributed by atoms with Gasteiger partial charge in [-0.25, -0.2) is 0 Å². The molecule has 0 saturated carbocycles. The summed E-state index contributed by atoms with van der Waals surface area (Å²) in [5.41, 5.74) is 0. The second kappa shape index (κ2) is 67.4. The maximum Gasteiger partial charge on any atom is 0.306 e. The molecule has 0 rings (SSSR count). The minimum absolute atomic E-state index is 0.0979. The normalized spacial score (nSPS) is 12.5. The molecule has 0 aliphatic carbocycles. The van der Waals surface area contributed by atoms with Crippen molar-refractivity contribution in [1.29, 1.82) is 0 Å². The zero-order chi connectivity index (χ0) is 57.1. The van der Waals surface area contributed by atoms with Crippen LogP contribution < -0.4 is 0 Å². The third-order valence-corrected chi connectivity index (χ3v) is 15.2. The number of allylic oxidation sites excluding steroid dienone is 12. The molecule has 0 aliphatic rings. The molecule has 0 N–H and O–H groups in total. The molecule has 458 valence electrons. The van der Waals surface area contributed by atoms with Gasteiger partial charge in [0.05, 0.1) is 0 Å². The van der Waals surface area contributed by atoms with Crippen molar-refractivity contribution in [3.05, 3.63) is 72.9 Å². The third-order valence-electron chi connectivity index (χ3n) is 15.2. The van der Waals surface area contributed by atoms with Crippen molar-refractivity contribution in [3.8, 4) is 0 Å². The fourth-order valence-corrected chi connectivity index (χ4v) is 10.1. The molecule has 1 atom stereocenters. The van der Waals surface area contributed by atoms with Crippen LogP contribution in [0.5, 0.6) is 0 Å². The van der Waals surface area contributed by atoms with Gasteiger partial charge in [0.2, 0.25) is 0 Å². The molecule has 0 aliphatic heterocycles. The van der Waals surface area contributed by atoms with Gasteiger partial charge in [-0.2, -0.15) is 0 Å². The number of rotatable bonds is 63. The quantitative estimate of drug-likeness (QED) is 0.0261. The first-order valence-corrected chi connectivity index (χ1v) is 34.4. The van der Waals surface area contributed by atoms with Crippen LogP contribution in [-0.4, -0.2) is 37.2 Å². The Kier molecular flexibility index (Phi) is 64.7. The van der Waals surface area contributed by atoms with Gasteiger partial charge in [-0.1, -0.05) is 325 Å². The third kappa shape index (κ3) is 65.5. The van der Waals surface area contributed by atoms with Gasteiger partial charge in [-0.15, -0.1) is 0 Å². The second-order valence-electron chi connectivity index (χ2n) is 23.1. The molecule has 0 aromatic carbocycles. The highest BCUT2D eigenvalue weighted by Gasteiger charge is 2.19. The molecular weight excluding hydrogens is 973 g/mol. The van der Waals surface area contributed by atoms with Gasteiger partial charge < -0.3 is 14.2 Å². The lowest BCUT2D eigenvalue weighted by Gasteiger charge is -2.18. The van der Waals surface area contributed by atoms with E-state index < -0.39 is 6.10 Å². The molecule has 0 radical (unpaired) electrons. The van der Waals surface area contributed by atoms with E-state index in [4.69, 9.17) is 14.2 Å². The van der Waals surface area contributed by atoms with Crippen LogP contribution >= 0.6 is 0 Å². The highest BCUT2D eigenvalue weighted by molar-refractivity contribution is 5.71. The predicted molar refractivity (Wildman–Crippen MR) is 344 cm³/mol. The summed E-state index contributed by atoms with van der Waals surface area (Å²) in [6.45, 7) is 6.49. The van der Waals surface area contributed by atoms with E-state index in [9.17, 15) is 14.4 Å². The number of carbonyl (C=O) groups is 3. The van der Waals surface area contributed by atoms with Crippen LogP contribution in [-0.2, 0) is 28.6 Å². The zero-order valence-electron chi connectivity index (χ0n) is 52.6. The summed E-state index contributed by atoms with van der Waals surface area (Å²) in [4.78, 5) is 38.2. The van der Waals surface area contributed by atoms with Gasteiger partial charge in [-0.3, -0.25) is 14.4 Å². The fraction of sp³-hybridized carbons (Fsp3) is 0.795. The molecule has 0 bridgehead atoms. The molecule has 0 amide bonds. The minimum Gasteiger partial charge on any atom is -0.462 e. The Morgan fingerprint density at radius 1 is 0.266 bits per heavy atom. The number of esters is 3. The molecule has 0 aromatic heterocycles. The lowest BCUT2D eigenvalue weighted by atomic mass is 10.0. The Bertz CT molecular complexity index is 1450. The van der Waals surface area contributed by atoms with Crippen LogP contribution in [0.4, 0.5) is 0 Å². The maximum absolute atomic E-state index is 12.9. The highest BCUT2D eigenvalue weighted by atomic mass is 16.6. The van der Waals surface area contributed by atoms with Gasteiger partial charge in [0.15, 0.2) is 6.10 Å². The average molecular weight is 1100 g/mol. The lowest BCUT2D eigenvalue weighted by Crippen LogP contribution is -2.30. The van der Waals surface area contributed by atoms with Crippen molar-refractivity contribution in [2.75, 3.05) is 13.2 Å². The number of ether oxygens (including phenoxy) is 3. The Balaban J connectivity index is 4.16. The zero-order valence-corrected chi connectivity index (χ0v) is 52.6. The first-order chi connectivity index (χ1) is 39.0. The first-order valence-electron chi connectivity index (χ1n) is 34.4. The van der Waals surface area contributed by atoms with Crippen LogP contribution in [0.2, 0.25) is 0 Å². The molecule has 79 heavy (non-hydrogen) atoms. The fourth-order valence-electron chi connectivity index (χ4n) is 10.1. The van der Waals surface area contributed by atoms with Crippen LogP contribution in [0.3, 0.4) is 0 Å². The van der Waals surface area contributed by atoms with E-state index in [2.05, 4.69) is 93.7 Å². The Hall–Kier alpha value is -3.15. The van der Waals surface area contributed by atoms with Crippen molar-refractivity contribution in [2.45, 2.75) is 361 Å². The van der Waals surface area contributed by atoms with Gasteiger partial charge in [0.25, 0.3) is 0 Å². The summed E-state index contributed by atoms with van der Waals surface area (Å²) in [5.74, 6) is -0.952. The first kappa shape index (κ1) is 75.8. The van der Waals surface area contributed by atoms with Crippen molar-refractivity contribution in [1.82, 2.24) is 0 Å². The predicted octanol–water partition coefficient (Wildman–Crippen LogP) is 23.7. The van der Waals surface area contributed by atoms with E-state index in [1.165, 1.54) is 225 Å². The standard InChI is InChI=1S/C73H130O6/c1-4-7-10-13-16-19-22-25-27-29-30-31-32-33-34-35-36-37-38-39-40-41-42-43-45-46-48-51-54-57-60-63-66-72(75)78-69-70(68-77-71(74)65-62-59-56-53-50-24-21-18-15-12-9-6-3)79-73(76)67-64-61-58-55-52-49-47-44-28-26-23-20-17-14-11-8-5-2/h8,11,17-18,20-21,26,28,47,49,55,58,70H,4-7,9-10,12-16,19,22-25,27,29-46,48,50-54,56-57,59-69H2,1-3H3/b11-8-,20-17-,21-18-,28-26-,49-47-,58-55-. The largest absolute Gasteiger partial charge is 0.462 e. The number of hydrogen-bond acceptors (Lipinski definition) is 6. The van der Waals surface area contributed by atoms with Crippen molar-refractivity contribution >= 4 is 17.9 Å². The Labute approximate surface area is 491 Å². The summed E-state index contributed by atoms with van der Waals surface area (Å²) in [5, 5.41) is 0. The van der Waals surface area contributed by atoms with E-state index in [1.54, 1.807) is 0 Å². The molecule has 6 heteroatoms. The highest BCUT2D eigenvalue weighted by Crippen LogP contribution is 2.18. The summed E-state index contributed by atoms with van der Waals surface area (Å²) in [6, 6.07) is 0. The van der Waals surface area contributed by atoms with Gasteiger partial charge >= 0.3 is 17.9 Å². The van der Waals surface area contributed by atoms with Gasteiger partial charge in [-0.05, 0) is 83.5 Å².